The van der Waals surface area contributed by atoms with E-state index in [1.165, 1.54) is 0 Å². The van der Waals surface area contributed by atoms with Gasteiger partial charge in [0.15, 0.2) is 6.29 Å². The van der Waals surface area contributed by atoms with Crippen LogP contribution in [0, 0.1) is 0 Å². The molecular weight excluding hydrogens is 320 g/mol. The molecule has 0 aromatic carbocycles. The Morgan fingerprint density at radius 2 is 1.39 bits per heavy atom. The summed E-state index contributed by atoms with van der Waals surface area (Å²) in [5.74, 6) is -2.22. The van der Waals surface area contributed by atoms with Crippen molar-refractivity contribution >= 4 is 0 Å². The molecule has 2 aliphatic heterocycles. The van der Waals surface area contributed by atoms with Crippen molar-refractivity contribution in [1.82, 2.24) is 0 Å². The fraction of sp³-hybridized carbons (Fsp3) is 1.00. The van der Waals surface area contributed by atoms with Crippen molar-refractivity contribution in [3.63, 3.8) is 0 Å². The van der Waals surface area contributed by atoms with E-state index in [9.17, 15) is 30.6 Å². The molecule has 0 aromatic rings. The third-order valence-electron chi connectivity index (χ3n) is 4.07. The van der Waals surface area contributed by atoms with Crippen LogP contribution in [0.25, 0.3) is 0 Å². The number of hydrogen-bond donors (Lipinski definition) is 8. The summed E-state index contributed by atoms with van der Waals surface area (Å²) in [4.78, 5) is 0. The zero-order chi connectivity index (χ0) is 17.4. The Balaban J connectivity index is 2.18. The summed E-state index contributed by atoms with van der Waals surface area (Å²) >= 11 is 0. The maximum absolute atomic E-state index is 10.00. The van der Waals surface area contributed by atoms with Crippen LogP contribution in [0.1, 0.15) is 0 Å². The van der Waals surface area contributed by atoms with E-state index in [4.69, 9.17) is 24.4 Å². The van der Waals surface area contributed by atoms with Gasteiger partial charge in [-0.3, -0.25) is 0 Å². The van der Waals surface area contributed by atoms with Gasteiger partial charge in [-0.1, -0.05) is 0 Å². The summed E-state index contributed by atoms with van der Waals surface area (Å²) in [6.07, 6.45) is -12.7. The van der Waals surface area contributed by atoms with Gasteiger partial charge < -0.3 is 55.1 Å². The Morgan fingerprint density at radius 3 is 1.87 bits per heavy atom. The maximum Gasteiger partial charge on any atom is 0.224 e. The molecule has 2 rings (SSSR count). The quantitative estimate of drug-likeness (QED) is 0.238. The molecule has 11 heteroatoms. The van der Waals surface area contributed by atoms with Gasteiger partial charge in [0.25, 0.3) is 0 Å². The molecule has 2 saturated heterocycles. The zero-order valence-electron chi connectivity index (χ0n) is 12.0. The molecule has 23 heavy (non-hydrogen) atoms. The summed E-state index contributed by atoms with van der Waals surface area (Å²) in [6, 6.07) is 0. The smallest absolute Gasteiger partial charge is 0.224 e. The Hall–Kier alpha value is -0.440. The van der Waals surface area contributed by atoms with Crippen LogP contribution < -0.4 is 0 Å². The second-order valence-electron chi connectivity index (χ2n) is 5.56. The van der Waals surface area contributed by atoms with Gasteiger partial charge in [0.05, 0.1) is 13.2 Å². The summed E-state index contributed by atoms with van der Waals surface area (Å²) in [5.41, 5.74) is 0. The second-order valence-corrected chi connectivity index (χ2v) is 5.56. The average Bonchev–Trinajstić information content (AvgIpc) is 2.80. The first-order chi connectivity index (χ1) is 10.8. The molecule has 136 valence electrons. The predicted molar refractivity (Wildman–Crippen MR) is 68.6 cm³/mol. The molecule has 2 fully saturated rings. The van der Waals surface area contributed by atoms with E-state index in [1.54, 1.807) is 0 Å². The predicted octanol–water partition coefficient (Wildman–Crippen LogP) is -5.40. The number of rotatable bonds is 5. The number of aliphatic hydroxyl groups is 8. The van der Waals surface area contributed by atoms with Gasteiger partial charge in [0.2, 0.25) is 5.79 Å². The van der Waals surface area contributed by atoms with E-state index < -0.39 is 74.6 Å². The third-order valence-corrected chi connectivity index (χ3v) is 4.07. The molecule has 11 nitrogen and oxygen atoms in total. The Bertz CT molecular complexity index is 393. The Labute approximate surface area is 130 Å². The van der Waals surface area contributed by atoms with E-state index in [0.29, 0.717) is 0 Å². The molecule has 8 N–H and O–H groups in total. The topological polar surface area (TPSA) is 190 Å². The minimum Gasteiger partial charge on any atom is -0.394 e. The Morgan fingerprint density at radius 1 is 0.783 bits per heavy atom. The van der Waals surface area contributed by atoms with Gasteiger partial charge in [-0.05, 0) is 0 Å². The van der Waals surface area contributed by atoms with Crippen molar-refractivity contribution in [3.05, 3.63) is 0 Å². The molecule has 0 spiro atoms. The highest BCUT2D eigenvalue weighted by atomic mass is 16.8. The van der Waals surface area contributed by atoms with Gasteiger partial charge in [0, 0.05) is 0 Å². The van der Waals surface area contributed by atoms with E-state index in [2.05, 4.69) is 0 Å². The van der Waals surface area contributed by atoms with Gasteiger partial charge >= 0.3 is 0 Å². The lowest BCUT2D eigenvalue weighted by Gasteiger charge is -2.43. The van der Waals surface area contributed by atoms with Crippen LogP contribution in [-0.2, 0) is 14.2 Å². The molecule has 0 saturated carbocycles. The first-order valence-electron chi connectivity index (χ1n) is 7.05. The van der Waals surface area contributed by atoms with Crippen LogP contribution in [0.4, 0.5) is 0 Å². The van der Waals surface area contributed by atoms with Crippen molar-refractivity contribution in [2.24, 2.45) is 0 Å². The first-order valence-corrected chi connectivity index (χ1v) is 7.05. The molecule has 9 atom stereocenters. The maximum atomic E-state index is 10.00. The van der Waals surface area contributed by atoms with Crippen molar-refractivity contribution < 1.29 is 55.1 Å². The molecule has 0 bridgehead atoms. The highest BCUT2D eigenvalue weighted by Gasteiger charge is 2.58. The summed E-state index contributed by atoms with van der Waals surface area (Å²) in [5, 5.41) is 76.7. The minimum atomic E-state index is -2.22. The van der Waals surface area contributed by atoms with Crippen LogP contribution in [0.2, 0.25) is 0 Å². The lowest BCUT2D eigenvalue weighted by molar-refractivity contribution is -0.383. The van der Waals surface area contributed by atoms with Gasteiger partial charge in [-0.25, -0.2) is 0 Å². The summed E-state index contributed by atoms with van der Waals surface area (Å²) < 4.78 is 15.4. The molecule has 0 aliphatic carbocycles. The number of aliphatic hydroxyl groups excluding tert-OH is 8. The van der Waals surface area contributed by atoms with Crippen molar-refractivity contribution in [1.29, 1.82) is 0 Å². The molecule has 0 radical (unpaired) electrons. The lowest BCUT2D eigenvalue weighted by Crippen LogP contribution is -2.62. The molecule has 0 aromatic heterocycles. The molecule has 2 heterocycles. The number of hydrogen-bond acceptors (Lipinski definition) is 11. The van der Waals surface area contributed by atoms with Crippen LogP contribution in [0.5, 0.6) is 0 Å². The van der Waals surface area contributed by atoms with Crippen molar-refractivity contribution in [2.45, 2.75) is 54.8 Å². The van der Waals surface area contributed by atoms with E-state index in [0.717, 1.165) is 0 Å². The third kappa shape index (κ3) is 3.23. The van der Waals surface area contributed by atoms with Crippen LogP contribution >= 0.6 is 0 Å². The standard InChI is InChI=1S/C12H22O11/c13-1-4-6(16)8(18)9(19)11(21-4)23-12(3-15)10(20)7(17)5(2-14)22-12/h4-11,13-20H,1-3H2/t4?,5-,6-,7-,8?,9+,10+,11-,12?/m1/s1. The van der Waals surface area contributed by atoms with Crippen LogP contribution in [0.15, 0.2) is 0 Å². The second kappa shape index (κ2) is 7.21. The largest absolute Gasteiger partial charge is 0.394 e. The SMILES string of the molecule is OCC1O[C@H](OC2(CO)O[C@H](CO)[C@@H](O)[C@@H]2O)[C@@H](O)C(O)[C@@H]1O. The van der Waals surface area contributed by atoms with E-state index in [-0.39, 0.29) is 0 Å². The summed E-state index contributed by atoms with van der Waals surface area (Å²) in [7, 11) is 0. The normalized spacial score (nSPS) is 51.1. The fourth-order valence-electron chi connectivity index (χ4n) is 2.63. The lowest BCUT2D eigenvalue weighted by atomic mass is 9.99. The van der Waals surface area contributed by atoms with E-state index >= 15 is 0 Å². The highest BCUT2D eigenvalue weighted by molar-refractivity contribution is 4.98. The molecule has 3 unspecified atom stereocenters. The fourth-order valence-corrected chi connectivity index (χ4v) is 2.63. The number of ether oxygens (including phenoxy) is 3. The average molecular weight is 342 g/mol. The van der Waals surface area contributed by atoms with Gasteiger partial charge in [-0.2, -0.15) is 0 Å². The summed E-state index contributed by atoms with van der Waals surface area (Å²) in [6.45, 7) is -2.32. The Kier molecular flexibility index (Phi) is 5.92. The first kappa shape index (κ1) is 18.9. The molecule has 2 aliphatic rings. The molecular formula is C12H22O11. The van der Waals surface area contributed by atoms with Gasteiger partial charge in [-0.15, -0.1) is 0 Å². The van der Waals surface area contributed by atoms with Crippen LogP contribution in [-0.4, -0.2) is 115 Å². The van der Waals surface area contributed by atoms with Crippen molar-refractivity contribution in [2.75, 3.05) is 19.8 Å². The van der Waals surface area contributed by atoms with Crippen LogP contribution in [0.3, 0.4) is 0 Å². The van der Waals surface area contributed by atoms with E-state index in [1.807, 2.05) is 0 Å². The van der Waals surface area contributed by atoms with Crippen molar-refractivity contribution in [3.8, 4) is 0 Å². The highest BCUT2D eigenvalue weighted by Crippen LogP contribution is 2.35. The minimum absolute atomic E-state index is 0.669. The monoisotopic (exact) mass is 342 g/mol. The van der Waals surface area contributed by atoms with Gasteiger partial charge in [0.1, 0.15) is 49.3 Å². The zero-order valence-corrected chi connectivity index (χ0v) is 12.0. The molecule has 0 amide bonds.